The Hall–Kier alpha value is -2.84. The van der Waals surface area contributed by atoms with Gasteiger partial charge in [0.2, 0.25) is 0 Å². The second-order valence-corrected chi connectivity index (χ2v) is 10.3. The molecule has 2 aromatic carbocycles. The normalized spacial score (nSPS) is 11.7. The molecule has 0 saturated heterocycles. The van der Waals surface area contributed by atoms with Gasteiger partial charge in [-0.05, 0) is 80.8 Å². The van der Waals surface area contributed by atoms with Crippen LogP contribution in [0.1, 0.15) is 69.2 Å². The minimum absolute atomic E-state index is 0.152. The van der Waals surface area contributed by atoms with Crippen LogP contribution in [-0.2, 0) is 19.6 Å². The molecule has 0 unspecified atom stereocenters. The predicted octanol–water partition coefficient (Wildman–Crippen LogP) is 5.84. The lowest BCUT2D eigenvalue weighted by atomic mass is 10.1. The van der Waals surface area contributed by atoms with Gasteiger partial charge in [0.15, 0.2) is 0 Å². The first-order chi connectivity index (χ1) is 18.3. The molecule has 0 aliphatic rings. The van der Waals surface area contributed by atoms with E-state index in [9.17, 15) is 13.6 Å². The average Bonchev–Trinajstić information content (AvgIpc) is 3.22. The van der Waals surface area contributed by atoms with Gasteiger partial charge in [-0.2, -0.15) is 0 Å². The van der Waals surface area contributed by atoms with Gasteiger partial charge in [0.1, 0.15) is 17.5 Å². The summed E-state index contributed by atoms with van der Waals surface area (Å²) in [4.78, 5) is 22.2. The Labute approximate surface area is 226 Å². The standard InChI is InChI=1S/C30H43F2N5O/c1-6-15-37-28-13-10-23(19-33-14-9-16-35(7-2)8-3)17-27(28)34-29(37)21-36(20-22(4)5)30(38)25-18-24(31)11-12-26(25)32/h10-13,17-18,22,33H,6-9,14-16,19-21H2,1-5H3. The van der Waals surface area contributed by atoms with Crippen LogP contribution in [-0.4, -0.2) is 58.0 Å². The van der Waals surface area contributed by atoms with Crippen LogP contribution < -0.4 is 5.32 Å². The van der Waals surface area contributed by atoms with Crippen molar-refractivity contribution in [2.24, 2.45) is 5.92 Å². The van der Waals surface area contributed by atoms with Crippen molar-refractivity contribution in [3.05, 3.63) is 65.0 Å². The predicted molar refractivity (Wildman–Crippen MR) is 150 cm³/mol. The van der Waals surface area contributed by atoms with Gasteiger partial charge in [0.05, 0.1) is 23.1 Å². The number of hydrogen-bond acceptors (Lipinski definition) is 4. The number of carbonyl (C=O) groups is 1. The van der Waals surface area contributed by atoms with E-state index < -0.39 is 17.5 Å². The van der Waals surface area contributed by atoms with Crippen LogP contribution in [0.15, 0.2) is 36.4 Å². The van der Waals surface area contributed by atoms with Gasteiger partial charge < -0.3 is 19.7 Å². The molecule has 0 fully saturated rings. The average molecular weight is 528 g/mol. The first-order valence-corrected chi connectivity index (χ1v) is 13.9. The number of nitrogens with zero attached hydrogens (tertiary/aromatic N) is 4. The number of nitrogens with one attached hydrogen (secondary N) is 1. The molecule has 0 bridgehead atoms. The highest BCUT2D eigenvalue weighted by Crippen LogP contribution is 2.22. The largest absolute Gasteiger partial charge is 0.331 e. The highest BCUT2D eigenvalue weighted by atomic mass is 19.1. The van der Waals surface area contributed by atoms with Crippen LogP contribution in [0, 0.1) is 17.6 Å². The lowest BCUT2D eigenvalue weighted by Crippen LogP contribution is -2.35. The number of amides is 1. The fraction of sp³-hybridized carbons (Fsp3) is 0.533. The summed E-state index contributed by atoms with van der Waals surface area (Å²) in [5.41, 5.74) is 2.80. The molecule has 0 aliphatic carbocycles. The first kappa shape index (κ1) is 29.7. The maximum Gasteiger partial charge on any atom is 0.257 e. The Bertz CT molecular complexity index is 1190. The molecule has 6 nitrogen and oxygen atoms in total. The molecule has 1 heterocycles. The Balaban J connectivity index is 1.80. The molecule has 1 aromatic heterocycles. The fourth-order valence-corrected chi connectivity index (χ4v) is 4.79. The van der Waals surface area contributed by atoms with E-state index >= 15 is 0 Å². The summed E-state index contributed by atoms with van der Waals surface area (Å²) in [5, 5.41) is 3.53. The lowest BCUT2D eigenvalue weighted by molar-refractivity contribution is 0.0711. The second-order valence-electron chi connectivity index (χ2n) is 10.3. The number of aromatic nitrogens is 2. The monoisotopic (exact) mass is 527 g/mol. The molecule has 3 rings (SSSR count). The van der Waals surface area contributed by atoms with Crippen molar-refractivity contribution in [2.45, 2.75) is 67.1 Å². The number of aryl methyl sites for hydroxylation is 1. The summed E-state index contributed by atoms with van der Waals surface area (Å²) in [6.45, 7) is 16.8. The van der Waals surface area contributed by atoms with Gasteiger partial charge in [-0.3, -0.25) is 4.79 Å². The minimum atomic E-state index is -0.721. The molecule has 208 valence electrons. The van der Waals surface area contributed by atoms with Gasteiger partial charge in [-0.15, -0.1) is 0 Å². The SMILES string of the molecule is CCCn1c(CN(CC(C)C)C(=O)c2cc(F)ccc2F)nc2cc(CNCCCN(CC)CC)ccc21. The number of halogens is 2. The van der Waals surface area contributed by atoms with Gasteiger partial charge in [-0.25, -0.2) is 13.8 Å². The van der Waals surface area contributed by atoms with Crippen molar-refractivity contribution in [3.63, 3.8) is 0 Å². The van der Waals surface area contributed by atoms with Crippen LogP contribution in [0.25, 0.3) is 11.0 Å². The van der Waals surface area contributed by atoms with Crippen molar-refractivity contribution in [2.75, 3.05) is 32.7 Å². The summed E-state index contributed by atoms with van der Waals surface area (Å²) in [6.07, 6.45) is 2.01. The smallest absolute Gasteiger partial charge is 0.257 e. The zero-order chi connectivity index (χ0) is 27.7. The van der Waals surface area contributed by atoms with Crippen LogP contribution >= 0.6 is 0 Å². The minimum Gasteiger partial charge on any atom is -0.331 e. The van der Waals surface area contributed by atoms with Crippen molar-refractivity contribution < 1.29 is 13.6 Å². The van der Waals surface area contributed by atoms with Crippen molar-refractivity contribution in [1.82, 2.24) is 24.7 Å². The number of fused-ring (bicyclic) bond motifs is 1. The van der Waals surface area contributed by atoms with E-state index in [-0.39, 0.29) is 18.0 Å². The molecule has 0 spiro atoms. The van der Waals surface area contributed by atoms with E-state index in [2.05, 4.69) is 53.8 Å². The third kappa shape index (κ3) is 7.84. The lowest BCUT2D eigenvalue weighted by Gasteiger charge is -2.25. The Morgan fingerprint density at radius 2 is 1.84 bits per heavy atom. The molecule has 1 N–H and O–H groups in total. The highest BCUT2D eigenvalue weighted by Gasteiger charge is 2.23. The zero-order valence-corrected chi connectivity index (χ0v) is 23.6. The van der Waals surface area contributed by atoms with Crippen molar-refractivity contribution in [1.29, 1.82) is 0 Å². The molecule has 0 atom stereocenters. The number of carbonyl (C=O) groups excluding carboxylic acids is 1. The summed E-state index contributed by atoms with van der Waals surface area (Å²) >= 11 is 0. The Morgan fingerprint density at radius 3 is 2.53 bits per heavy atom. The highest BCUT2D eigenvalue weighted by molar-refractivity contribution is 5.94. The van der Waals surface area contributed by atoms with Gasteiger partial charge >= 0.3 is 0 Å². The molecule has 0 saturated carbocycles. The summed E-state index contributed by atoms with van der Waals surface area (Å²) in [6, 6.07) is 9.31. The first-order valence-electron chi connectivity index (χ1n) is 13.9. The zero-order valence-electron chi connectivity index (χ0n) is 23.6. The third-order valence-electron chi connectivity index (χ3n) is 6.75. The molecule has 0 aliphatic heterocycles. The molecule has 3 aromatic rings. The molecule has 38 heavy (non-hydrogen) atoms. The number of hydrogen-bond donors (Lipinski definition) is 1. The molecule has 1 amide bonds. The van der Waals surface area contributed by atoms with Crippen LogP contribution in [0.5, 0.6) is 0 Å². The molecular formula is C30H43F2N5O. The molecule has 0 radical (unpaired) electrons. The van der Waals surface area contributed by atoms with Gasteiger partial charge in [0.25, 0.3) is 5.91 Å². The summed E-state index contributed by atoms with van der Waals surface area (Å²) < 4.78 is 30.4. The maximum atomic E-state index is 14.5. The quantitative estimate of drug-likeness (QED) is 0.252. The van der Waals surface area contributed by atoms with Crippen molar-refractivity contribution in [3.8, 4) is 0 Å². The van der Waals surface area contributed by atoms with Crippen LogP contribution in [0.2, 0.25) is 0 Å². The van der Waals surface area contributed by atoms with Crippen LogP contribution in [0.4, 0.5) is 8.78 Å². The van der Waals surface area contributed by atoms with Gasteiger partial charge in [-0.1, -0.05) is 40.7 Å². The van der Waals surface area contributed by atoms with E-state index in [4.69, 9.17) is 4.98 Å². The number of benzene rings is 2. The van der Waals surface area contributed by atoms with E-state index in [0.29, 0.717) is 6.54 Å². The topological polar surface area (TPSA) is 53.4 Å². The Morgan fingerprint density at radius 1 is 1.08 bits per heavy atom. The summed E-state index contributed by atoms with van der Waals surface area (Å²) in [7, 11) is 0. The van der Waals surface area contributed by atoms with Gasteiger partial charge in [0, 0.05) is 19.6 Å². The van der Waals surface area contributed by atoms with E-state index in [1.165, 1.54) is 0 Å². The van der Waals surface area contributed by atoms with Crippen LogP contribution in [0.3, 0.4) is 0 Å². The van der Waals surface area contributed by atoms with Crippen molar-refractivity contribution >= 4 is 16.9 Å². The van der Waals surface area contributed by atoms with E-state index in [1.807, 2.05) is 13.8 Å². The second kappa shape index (κ2) is 14.4. The third-order valence-corrected chi connectivity index (χ3v) is 6.75. The number of rotatable bonds is 15. The van der Waals surface area contributed by atoms with E-state index in [1.54, 1.807) is 4.90 Å². The Kier molecular flexibility index (Phi) is 11.2. The fourth-order valence-electron chi connectivity index (χ4n) is 4.79. The number of imidazole rings is 1. The molecular weight excluding hydrogens is 484 g/mol. The molecule has 8 heteroatoms. The maximum absolute atomic E-state index is 14.5. The van der Waals surface area contributed by atoms with E-state index in [0.717, 1.165) is 92.7 Å². The summed E-state index contributed by atoms with van der Waals surface area (Å²) in [5.74, 6) is -0.982.